The largest absolute Gasteiger partial charge is 0.336 e. The molecule has 1 aromatic carbocycles. The second-order valence-corrected chi connectivity index (χ2v) is 8.72. The molecule has 3 heterocycles. The van der Waals surface area contributed by atoms with Gasteiger partial charge in [-0.1, -0.05) is 24.3 Å². The molecule has 0 spiro atoms. The summed E-state index contributed by atoms with van der Waals surface area (Å²) in [6.45, 7) is 4.23. The summed E-state index contributed by atoms with van der Waals surface area (Å²) in [6, 6.07) is 15.9. The lowest BCUT2D eigenvalue weighted by Crippen LogP contribution is -2.54. The Morgan fingerprint density at radius 3 is 2.53 bits per heavy atom. The van der Waals surface area contributed by atoms with Crippen molar-refractivity contribution in [2.75, 3.05) is 26.2 Å². The first-order valence-corrected chi connectivity index (χ1v) is 11.1. The van der Waals surface area contributed by atoms with E-state index in [0.29, 0.717) is 26.2 Å². The molecule has 156 valence electrons. The van der Waals surface area contributed by atoms with Gasteiger partial charge in [0.2, 0.25) is 0 Å². The maximum absolute atomic E-state index is 12.9. The number of hydrogen-bond acceptors (Lipinski definition) is 4. The van der Waals surface area contributed by atoms with Gasteiger partial charge in [0.1, 0.15) is 0 Å². The molecule has 0 radical (unpaired) electrons. The quantitative estimate of drug-likeness (QED) is 0.680. The van der Waals surface area contributed by atoms with Gasteiger partial charge < -0.3 is 15.1 Å². The van der Waals surface area contributed by atoms with Gasteiger partial charge in [0.05, 0.1) is 4.88 Å². The zero-order valence-corrected chi connectivity index (χ0v) is 17.9. The summed E-state index contributed by atoms with van der Waals surface area (Å²) < 4.78 is 1.12. The minimum absolute atomic E-state index is 0.0555. The Morgan fingerprint density at radius 1 is 1.07 bits per heavy atom. The van der Waals surface area contributed by atoms with E-state index in [2.05, 4.69) is 10.3 Å². The van der Waals surface area contributed by atoms with Gasteiger partial charge in [-0.05, 0) is 49.4 Å². The van der Waals surface area contributed by atoms with E-state index in [9.17, 15) is 9.59 Å². The lowest BCUT2D eigenvalue weighted by molar-refractivity contribution is 0.0668. The zero-order valence-electron chi connectivity index (χ0n) is 17.1. The number of pyridine rings is 1. The number of carbonyl (C=O) groups excluding carboxylic acids is 2. The Labute approximate surface area is 180 Å². The number of hydrogen-bond donors (Lipinski definition) is 1. The summed E-state index contributed by atoms with van der Waals surface area (Å²) in [5.74, 6) is 0.0555. The summed E-state index contributed by atoms with van der Waals surface area (Å²) in [6.07, 6.45) is 3.46. The fraction of sp³-hybridized carbons (Fsp3) is 0.348. The van der Waals surface area contributed by atoms with Gasteiger partial charge in [-0.3, -0.25) is 9.78 Å². The van der Waals surface area contributed by atoms with Crippen LogP contribution < -0.4 is 5.32 Å². The molecule has 3 aromatic rings. The molecule has 2 aromatic heterocycles. The molecule has 7 heteroatoms. The number of nitrogens with zero attached hydrogens (tertiary/aromatic N) is 3. The van der Waals surface area contributed by atoms with Crippen LogP contribution in [0, 0.1) is 0 Å². The average Bonchev–Trinajstić information content (AvgIpc) is 3.22. The topological polar surface area (TPSA) is 65.5 Å². The summed E-state index contributed by atoms with van der Waals surface area (Å²) in [5.41, 5.74) is 1.03. The van der Waals surface area contributed by atoms with Crippen LogP contribution in [0.25, 0.3) is 10.1 Å². The molecule has 1 aliphatic heterocycles. The first-order valence-electron chi connectivity index (χ1n) is 10.3. The maximum Gasteiger partial charge on any atom is 0.317 e. The van der Waals surface area contributed by atoms with E-state index < -0.39 is 0 Å². The van der Waals surface area contributed by atoms with Crippen LogP contribution in [-0.4, -0.2) is 58.9 Å². The molecule has 0 saturated carbocycles. The summed E-state index contributed by atoms with van der Waals surface area (Å²) in [5, 5.41) is 4.17. The van der Waals surface area contributed by atoms with Crippen LogP contribution in [0.4, 0.5) is 4.79 Å². The van der Waals surface area contributed by atoms with Crippen molar-refractivity contribution >= 4 is 33.4 Å². The highest BCUT2D eigenvalue weighted by Gasteiger charge is 2.26. The second-order valence-electron chi connectivity index (χ2n) is 7.64. The van der Waals surface area contributed by atoms with Crippen molar-refractivity contribution in [1.29, 1.82) is 0 Å². The number of amides is 3. The number of piperazine rings is 1. The van der Waals surface area contributed by atoms with Crippen LogP contribution in [-0.2, 0) is 6.42 Å². The van der Waals surface area contributed by atoms with Crippen LogP contribution in [0.15, 0.2) is 54.7 Å². The number of carbonyl (C=O) groups is 2. The zero-order chi connectivity index (χ0) is 20.9. The molecule has 30 heavy (non-hydrogen) atoms. The lowest BCUT2D eigenvalue weighted by atomic mass is 10.1. The minimum Gasteiger partial charge on any atom is -0.336 e. The standard InChI is InChI=1S/C23H26N4O2S/c1-17(9-10-19-7-4-5-11-24-19)25-23(29)27-14-12-26(13-15-27)22(28)21-16-18-6-2-3-8-20(18)30-21/h2-8,11,16-17H,9-10,12-15H2,1H3,(H,25,29). The number of nitrogens with one attached hydrogen (secondary N) is 1. The van der Waals surface area contributed by atoms with Gasteiger partial charge >= 0.3 is 6.03 Å². The van der Waals surface area contributed by atoms with E-state index in [-0.39, 0.29) is 18.0 Å². The van der Waals surface area contributed by atoms with Crippen LogP contribution in [0.2, 0.25) is 0 Å². The van der Waals surface area contributed by atoms with E-state index in [4.69, 9.17) is 0 Å². The van der Waals surface area contributed by atoms with Gasteiger partial charge in [0, 0.05) is 48.8 Å². The highest BCUT2D eigenvalue weighted by Crippen LogP contribution is 2.26. The fourth-order valence-electron chi connectivity index (χ4n) is 3.64. The molecule has 4 rings (SSSR count). The molecular weight excluding hydrogens is 396 g/mol. The number of rotatable bonds is 5. The molecular formula is C23H26N4O2S. The van der Waals surface area contributed by atoms with Crippen molar-refractivity contribution in [1.82, 2.24) is 20.1 Å². The average molecular weight is 423 g/mol. The molecule has 0 aliphatic carbocycles. The van der Waals surface area contributed by atoms with Crippen molar-refractivity contribution in [3.63, 3.8) is 0 Å². The molecule has 1 atom stereocenters. The normalized spacial score (nSPS) is 15.2. The minimum atomic E-state index is -0.0579. The predicted octanol–water partition coefficient (Wildman–Crippen LogP) is 3.79. The molecule has 0 bridgehead atoms. The Bertz CT molecular complexity index is 979. The Balaban J connectivity index is 1.25. The van der Waals surface area contributed by atoms with E-state index >= 15 is 0 Å². The molecule has 3 amide bonds. The number of urea groups is 1. The molecule has 1 unspecified atom stereocenters. The van der Waals surface area contributed by atoms with Crippen molar-refractivity contribution < 1.29 is 9.59 Å². The van der Waals surface area contributed by atoms with Crippen LogP contribution in [0.3, 0.4) is 0 Å². The van der Waals surface area contributed by atoms with Crippen LogP contribution in [0.1, 0.15) is 28.7 Å². The Morgan fingerprint density at radius 2 is 1.80 bits per heavy atom. The van der Waals surface area contributed by atoms with E-state index in [1.807, 2.05) is 60.4 Å². The van der Waals surface area contributed by atoms with E-state index in [1.54, 1.807) is 11.1 Å². The number of fused-ring (bicyclic) bond motifs is 1. The lowest BCUT2D eigenvalue weighted by Gasteiger charge is -2.35. The highest BCUT2D eigenvalue weighted by molar-refractivity contribution is 7.20. The molecule has 1 aliphatic rings. The number of aryl methyl sites for hydroxylation is 1. The van der Waals surface area contributed by atoms with E-state index in [1.165, 1.54) is 11.3 Å². The number of thiophene rings is 1. The summed E-state index contributed by atoms with van der Waals surface area (Å²) >= 11 is 1.53. The molecule has 1 saturated heterocycles. The Kier molecular flexibility index (Phi) is 6.28. The first-order chi connectivity index (χ1) is 14.6. The SMILES string of the molecule is CC(CCc1ccccn1)NC(=O)N1CCN(C(=O)c2cc3ccccc3s2)CC1. The number of aromatic nitrogens is 1. The third-order valence-corrected chi connectivity index (χ3v) is 6.52. The smallest absolute Gasteiger partial charge is 0.317 e. The van der Waals surface area contributed by atoms with Gasteiger partial charge in [-0.15, -0.1) is 11.3 Å². The fourth-order valence-corrected chi connectivity index (χ4v) is 4.67. The van der Waals surface area contributed by atoms with Crippen molar-refractivity contribution in [2.45, 2.75) is 25.8 Å². The van der Waals surface area contributed by atoms with Crippen molar-refractivity contribution in [2.24, 2.45) is 0 Å². The van der Waals surface area contributed by atoms with Gasteiger partial charge in [0.25, 0.3) is 5.91 Å². The highest BCUT2D eigenvalue weighted by atomic mass is 32.1. The predicted molar refractivity (Wildman–Crippen MR) is 120 cm³/mol. The van der Waals surface area contributed by atoms with Crippen molar-refractivity contribution in [3.05, 3.63) is 65.3 Å². The monoisotopic (exact) mass is 422 g/mol. The third-order valence-electron chi connectivity index (χ3n) is 5.42. The van der Waals surface area contributed by atoms with E-state index in [0.717, 1.165) is 33.5 Å². The van der Waals surface area contributed by atoms with Gasteiger partial charge in [-0.25, -0.2) is 4.79 Å². The van der Waals surface area contributed by atoms with Crippen LogP contribution >= 0.6 is 11.3 Å². The molecule has 6 nitrogen and oxygen atoms in total. The van der Waals surface area contributed by atoms with Gasteiger partial charge in [0.15, 0.2) is 0 Å². The Hall–Kier alpha value is -2.93. The summed E-state index contributed by atoms with van der Waals surface area (Å²) in [7, 11) is 0. The van der Waals surface area contributed by atoms with Gasteiger partial charge in [-0.2, -0.15) is 0 Å². The maximum atomic E-state index is 12.9. The van der Waals surface area contributed by atoms with Crippen molar-refractivity contribution in [3.8, 4) is 0 Å². The first kappa shape index (κ1) is 20.3. The number of benzene rings is 1. The van der Waals surface area contributed by atoms with Crippen LogP contribution in [0.5, 0.6) is 0 Å². The third kappa shape index (κ3) is 4.79. The molecule has 1 fully saturated rings. The second kappa shape index (κ2) is 9.26. The molecule has 1 N–H and O–H groups in total. The summed E-state index contributed by atoms with van der Waals surface area (Å²) in [4.78, 5) is 34.2.